The van der Waals surface area contributed by atoms with E-state index in [0.29, 0.717) is 11.8 Å². The van der Waals surface area contributed by atoms with Crippen LogP contribution in [0, 0.1) is 11.3 Å². The summed E-state index contributed by atoms with van der Waals surface area (Å²) in [6, 6.07) is 8.46. The largest absolute Gasteiger partial charge is 0.344 e. The van der Waals surface area contributed by atoms with Crippen LogP contribution in [0.5, 0.6) is 0 Å². The van der Waals surface area contributed by atoms with Crippen LogP contribution < -0.4 is 6.15 Å². The summed E-state index contributed by atoms with van der Waals surface area (Å²) < 4.78 is 0. The Morgan fingerprint density at radius 1 is 1.25 bits per heavy atom. The van der Waals surface area contributed by atoms with E-state index in [4.69, 9.17) is 5.41 Å². The summed E-state index contributed by atoms with van der Waals surface area (Å²) in [6.45, 7) is 2.25. The van der Waals surface area contributed by atoms with Gasteiger partial charge in [-0.15, -0.1) is 0 Å². The first kappa shape index (κ1) is 11.3. The molecule has 1 aliphatic heterocycles. The van der Waals surface area contributed by atoms with Crippen LogP contribution in [0.4, 0.5) is 0 Å². The first-order valence-electron chi connectivity index (χ1n) is 5.63. The number of likely N-dealkylation sites (N-methyl/N-ethyl adjacent to an activating group) is 1. The van der Waals surface area contributed by atoms with Crippen molar-refractivity contribution in [3.05, 3.63) is 35.4 Å². The molecule has 1 unspecified atom stereocenters. The lowest BCUT2D eigenvalue weighted by Gasteiger charge is -2.32. The lowest BCUT2D eigenvalue weighted by Crippen LogP contribution is -2.36. The monoisotopic (exact) mass is 217 g/mol. The number of rotatable bonds is 0. The molecule has 3 heteroatoms. The predicted octanol–water partition coefficient (Wildman–Crippen LogP) is 2.27. The Labute approximate surface area is 96.6 Å². The lowest BCUT2D eigenvalue weighted by molar-refractivity contribution is 0.228. The van der Waals surface area contributed by atoms with Crippen molar-refractivity contribution in [2.24, 2.45) is 5.92 Å². The van der Waals surface area contributed by atoms with E-state index in [0.717, 1.165) is 25.2 Å². The van der Waals surface area contributed by atoms with Crippen molar-refractivity contribution < 1.29 is 0 Å². The minimum atomic E-state index is 0. The first-order chi connectivity index (χ1) is 7.27. The average molecular weight is 217 g/mol. The van der Waals surface area contributed by atoms with Gasteiger partial charge in [-0.1, -0.05) is 24.3 Å². The molecule has 0 spiro atoms. The van der Waals surface area contributed by atoms with E-state index in [2.05, 4.69) is 36.2 Å². The Balaban J connectivity index is 0.000000963. The van der Waals surface area contributed by atoms with E-state index in [9.17, 15) is 0 Å². The van der Waals surface area contributed by atoms with E-state index in [1.807, 2.05) is 0 Å². The molecule has 16 heavy (non-hydrogen) atoms. The SMILES string of the molecule is CN1CC[C@@H]2C(=N)c3ccccc3C2C1.N. The molecule has 1 fully saturated rings. The number of benzene rings is 1. The van der Waals surface area contributed by atoms with Crippen LogP contribution in [0.3, 0.4) is 0 Å². The van der Waals surface area contributed by atoms with Gasteiger partial charge in [0.1, 0.15) is 0 Å². The molecule has 0 saturated carbocycles. The number of piperidine rings is 1. The molecule has 4 N–H and O–H groups in total. The summed E-state index contributed by atoms with van der Waals surface area (Å²) in [6.07, 6.45) is 1.15. The normalized spacial score (nSPS) is 28.2. The van der Waals surface area contributed by atoms with Crippen LogP contribution in [-0.4, -0.2) is 30.7 Å². The Kier molecular flexibility index (Phi) is 2.82. The van der Waals surface area contributed by atoms with E-state index < -0.39 is 0 Å². The Morgan fingerprint density at radius 2 is 2.00 bits per heavy atom. The molecule has 0 bridgehead atoms. The van der Waals surface area contributed by atoms with Gasteiger partial charge in [0.15, 0.2) is 0 Å². The summed E-state index contributed by atoms with van der Waals surface area (Å²) in [5.41, 5.74) is 3.48. The summed E-state index contributed by atoms with van der Waals surface area (Å²) >= 11 is 0. The topological polar surface area (TPSA) is 62.1 Å². The fourth-order valence-corrected chi connectivity index (χ4v) is 3.04. The maximum absolute atomic E-state index is 8.20. The highest BCUT2D eigenvalue weighted by Gasteiger charge is 2.39. The van der Waals surface area contributed by atoms with Gasteiger partial charge < -0.3 is 16.5 Å². The average Bonchev–Trinajstić information content (AvgIpc) is 2.54. The maximum atomic E-state index is 8.20. The van der Waals surface area contributed by atoms with Crippen LogP contribution in [0.2, 0.25) is 0 Å². The van der Waals surface area contributed by atoms with Crippen molar-refractivity contribution in [3.63, 3.8) is 0 Å². The molecule has 86 valence electrons. The van der Waals surface area contributed by atoms with Crippen molar-refractivity contribution in [2.45, 2.75) is 12.3 Å². The van der Waals surface area contributed by atoms with Crippen LogP contribution in [0.1, 0.15) is 23.5 Å². The third-order valence-electron chi connectivity index (χ3n) is 3.84. The van der Waals surface area contributed by atoms with E-state index >= 15 is 0 Å². The zero-order chi connectivity index (χ0) is 10.4. The van der Waals surface area contributed by atoms with E-state index in [1.54, 1.807) is 0 Å². The number of nitrogens with one attached hydrogen (secondary N) is 1. The maximum Gasteiger partial charge on any atom is 0.0427 e. The molecule has 1 aliphatic carbocycles. The van der Waals surface area contributed by atoms with Gasteiger partial charge in [0.2, 0.25) is 0 Å². The quantitative estimate of drug-likeness (QED) is 0.700. The molecule has 2 aliphatic rings. The van der Waals surface area contributed by atoms with Gasteiger partial charge >= 0.3 is 0 Å². The second-order valence-electron chi connectivity index (χ2n) is 4.76. The molecule has 0 aromatic heterocycles. The lowest BCUT2D eigenvalue weighted by atomic mass is 9.86. The van der Waals surface area contributed by atoms with Crippen molar-refractivity contribution in [1.82, 2.24) is 11.1 Å². The third kappa shape index (κ3) is 1.47. The second kappa shape index (κ2) is 4.00. The fraction of sp³-hybridized carbons (Fsp3) is 0.462. The highest BCUT2D eigenvalue weighted by atomic mass is 15.1. The number of hydrogen-bond acceptors (Lipinski definition) is 3. The van der Waals surface area contributed by atoms with Crippen molar-refractivity contribution in [2.75, 3.05) is 20.1 Å². The molecule has 2 atom stereocenters. The molecular formula is C13H19N3. The molecule has 0 radical (unpaired) electrons. The van der Waals surface area contributed by atoms with Gasteiger partial charge in [-0.2, -0.15) is 0 Å². The van der Waals surface area contributed by atoms with Crippen LogP contribution in [0.25, 0.3) is 0 Å². The molecule has 1 saturated heterocycles. The third-order valence-corrected chi connectivity index (χ3v) is 3.84. The number of nitrogens with zero attached hydrogens (tertiary/aromatic N) is 1. The van der Waals surface area contributed by atoms with Gasteiger partial charge in [0, 0.05) is 24.1 Å². The number of likely N-dealkylation sites (tertiary alicyclic amines) is 1. The molecule has 3 rings (SSSR count). The second-order valence-corrected chi connectivity index (χ2v) is 4.76. The highest BCUT2D eigenvalue weighted by molar-refractivity contribution is 6.05. The summed E-state index contributed by atoms with van der Waals surface area (Å²) in [4.78, 5) is 2.39. The van der Waals surface area contributed by atoms with Crippen molar-refractivity contribution in [1.29, 1.82) is 5.41 Å². The Morgan fingerprint density at radius 3 is 2.81 bits per heavy atom. The van der Waals surface area contributed by atoms with Gasteiger partial charge in [-0.05, 0) is 31.1 Å². The van der Waals surface area contributed by atoms with E-state index in [1.165, 1.54) is 11.1 Å². The smallest absolute Gasteiger partial charge is 0.0427 e. The van der Waals surface area contributed by atoms with Gasteiger partial charge in [0.05, 0.1) is 0 Å². The molecule has 0 amide bonds. The predicted molar refractivity (Wildman–Crippen MR) is 66.6 cm³/mol. The zero-order valence-corrected chi connectivity index (χ0v) is 9.74. The van der Waals surface area contributed by atoms with E-state index in [-0.39, 0.29) is 6.15 Å². The van der Waals surface area contributed by atoms with Crippen molar-refractivity contribution >= 4 is 5.71 Å². The summed E-state index contributed by atoms with van der Waals surface area (Å²) in [5, 5.41) is 8.20. The molecular weight excluding hydrogens is 198 g/mol. The minimum Gasteiger partial charge on any atom is -0.344 e. The van der Waals surface area contributed by atoms with Gasteiger partial charge in [0.25, 0.3) is 0 Å². The van der Waals surface area contributed by atoms with Crippen LogP contribution in [0.15, 0.2) is 24.3 Å². The first-order valence-corrected chi connectivity index (χ1v) is 5.63. The zero-order valence-electron chi connectivity index (χ0n) is 9.74. The molecule has 3 nitrogen and oxygen atoms in total. The summed E-state index contributed by atoms with van der Waals surface area (Å²) in [5.74, 6) is 1.06. The standard InChI is InChI=1S/C13H16N2.H3N/c1-15-7-6-11-12(8-15)9-4-2-3-5-10(9)13(11)14;/h2-5,11-12,14H,6-8H2,1H3;1H3/t11-,12?;/m0./s1. The number of fused-ring (bicyclic) bond motifs is 3. The Hall–Kier alpha value is -1.19. The summed E-state index contributed by atoms with van der Waals surface area (Å²) in [7, 11) is 2.18. The molecule has 1 aromatic rings. The fourth-order valence-electron chi connectivity index (χ4n) is 3.04. The van der Waals surface area contributed by atoms with Crippen molar-refractivity contribution in [3.8, 4) is 0 Å². The van der Waals surface area contributed by atoms with Crippen LogP contribution in [-0.2, 0) is 0 Å². The number of hydrogen-bond donors (Lipinski definition) is 2. The highest BCUT2D eigenvalue weighted by Crippen LogP contribution is 2.42. The molecule has 1 heterocycles. The van der Waals surface area contributed by atoms with Crippen LogP contribution >= 0.6 is 0 Å². The van der Waals surface area contributed by atoms with Gasteiger partial charge in [-0.3, -0.25) is 0 Å². The Bertz CT molecular complexity index is 413. The molecule has 1 aromatic carbocycles. The minimum absolute atomic E-state index is 0. The van der Waals surface area contributed by atoms with Gasteiger partial charge in [-0.25, -0.2) is 0 Å².